The number of furan rings is 1. The average molecular weight is 214 g/mol. The molecule has 3 heteroatoms. The van der Waals surface area contributed by atoms with Gasteiger partial charge in [0.2, 0.25) is 0 Å². The fourth-order valence-electron chi connectivity index (χ4n) is 1.63. The second-order valence-corrected chi connectivity index (χ2v) is 3.76. The van der Waals surface area contributed by atoms with Crippen molar-refractivity contribution in [2.75, 3.05) is 11.9 Å². The smallest absolute Gasteiger partial charge is 0.136 e. The number of fused-ring (bicyclic) bond motifs is 1. The number of hydrogen-bond acceptors (Lipinski definition) is 3. The van der Waals surface area contributed by atoms with E-state index in [4.69, 9.17) is 9.68 Å². The van der Waals surface area contributed by atoms with Crippen LogP contribution in [0, 0.1) is 17.2 Å². The Morgan fingerprint density at radius 1 is 1.44 bits per heavy atom. The number of para-hydroxylation sites is 1. The van der Waals surface area contributed by atoms with Crippen molar-refractivity contribution in [3.63, 3.8) is 0 Å². The number of benzene rings is 1. The third-order valence-corrected chi connectivity index (χ3v) is 2.70. The first-order valence-corrected chi connectivity index (χ1v) is 5.45. The Bertz CT molecular complexity index is 510. The first kappa shape index (κ1) is 10.6. The predicted molar refractivity (Wildman–Crippen MR) is 64.1 cm³/mol. The van der Waals surface area contributed by atoms with Crippen LogP contribution in [-0.2, 0) is 0 Å². The first-order valence-electron chi connectivity index (χ1n) is 5.45. The van der Waals surface area contributed by atoms with Crippen LogP contribution in [0.5, 0.6) is 0 Å². The van der Waals surface area contributed by atoms with Gasteiger partial charge in [0, 0.05) is 11.9 Å². The Hall–Kier alpha value is -1.95. The van der Waals surface area contributed by atoms with Gasteiger partial charge < -0.3 is 9.73 Å². The lowest BCUT2D eigenvalue weighted by Crippen LogP contribution is -2.11. The van der Waals surface area contributed by atoms with E-state index in [0.29, 0.717) is 6.54 Å². The quantitative estimate of drug-likeness (QED) is 0.848. The Labute approximate surface area is 94.7 Å². The van der Waals surface area contributed by atoms with Crippen molar-refractivity contribution >= 4 is 16.7 Å². The molecule has 0 aliphatic carbocycles. The minimum Gasteiger partial charge on any atom is -0.462 e. The van der Waals surface area contributed by atoms with Crippen LogP contribution >= 0.6 is 0 Å². The molecular weight excluding hydrogens is 200 g/mol. The fourth-order valence-corrected chi connectivity index (χ4v) is 1.63. The van der Waals surface area contributed by atoms with Gasteiger partial charge in [0.25, 0.3) is 0 Å². The highest BCUT2D eigenvalue weighted by atomic mass is 16.3. The Morgan fingerprint density at radius 3 is 3.00 bits per heavy atom. The molecule has 0 bridgehead atoms. The molecule has 2 aromatic rings. The van der Waals surface area contributed by atoms with E-state index in [0.717, 1.165) is 23.1 Å². The molecule has 3 nitrogen and oxygen atoms in total. The summed E-state index contributed by atoms with van der Waals surface area (Å²) in [7, 11) is 0. The van der Waals surface area contributed by atoms with Crippen LogP contribution in [0.3, 0.4) is 0 Å². The summed E-state index contributed by atoms with van der Waals surface area (Å²) >= 11 is 0. The fraction of sp³-hybridized carbons (Fsp3) is 0.308. The highest BCUT2D eigenvalue weighted by molar-refractivity contribution is 5.90. The number of nitrogens with zero attached hydrogens (tertiary/aromatic N) is 1. The highest BCUT2D eigenvalue weighted by Crippen LogP contribution is 2.25. The average Bonchev–Trinajstić information content (AvgIpc) is 2.74. The van der Waals surface area contributed by atoms with Crippen molar-refractivity contribution in [3.05, 3.63) is 30.5 Å². The second kappa shape index (κ2) is 4.71. The van der Waals surface area contributed by atoms with E-state index in [2.05, 4.69) is 11.4 Å². The van der Waals surface area contributed by atoms with E-state index in [1.807, 2.05) is 31.2 Å². The molecule has 2 rings (SSSR count). The zero-order valence-corrected chi connectivity index (χ0v) is 9.23. The summed E-state index contributed by atoms with van der Waals surface area (Å²) in [5.74, 6) is 0.0497. The molecule has 0 aliphatic rings. The molecular formula is C13H14N2O. The highest BCUT2D eigenvalue weighted by Gasteiger charge is 2.07. The van der Waals surface area contributed by atoms with Crippen molar-refractivity contribution in [2.24, 2.45) is 5.92 Å². The molecule has 16 heavy (non-hydrogen) atoms. The number of rotatable bonds is 4. The summed E-state index contributed by atoms with van der Waals surface area (Å²) in [6, 6.07) is 10.1. The predicted octanol–water partition coefficient (Wildman–Crippen LogP) is 3.39. The normalized spacial score (nSPS) is 12.2. The summed E-state index contributed by atoms with van der Waals surface area (Å²) in [5.41, 5.74) is 1.83. The monoisotopic (exact) mass is 214 g/mol. The lowest BCUT2D eigenvalue weighted by atomic mass is 10.1. The van der Waals surface area contributed by atoms with Gasteiger partial charge in [-0.05, 0) is 18.6 Å². The van der Waals surface area contributed by atoms with Gasteiger partial charge in [0.15, 0.2) is 0 Å². The number of anilines is 1. The van der Waals surface area contributed by atoms with Gasteiger partial charge in [-0.2, -0.15) is 5.26 Å². The van der Waals surface area contributed by atoms with Crippen LogP contribution in [0.2, 0.25) is 0 Å². The van der Waals surface area contributed by atoms with Crippen LogP contribution < -0.4 is 5.32 Å². The molecule has 0 spiro atoms. The van der Waals surface area contributed by atoms with Crippen LogP contribution in [-0.4, -0.2) is 6.54 Å². The molecule has 1 atom stereocenters. The third-order valence-electron chi connectivity index (χ3n) is 2.70. The summed E-state index contributed by atoms with van der Waals surface area (Å²) in [4.78, 5) is 0. The van der Waals surface area contributed by atoms with Gasteiger partial charge in [-0.3, -0.25) is 0 Å². The number of nitrogens with one attached hydrogen (secondary N) is 1. The molecule has 1 unspecified atom stereocenters. The van der Waals surface area contributed by atoms with E-state index < -0.39 is 0 Å². The first-order chi connectivity index (χ1) is 7.85. The molecule has 0 saturated carbocycles. The molecule has 0 amide bonds. The summed E-state index contributed by atoms with van der Waals surface area (Å²) in [5, 5.41) is 13.2. The summed E-state index contributed by atoms with van der Waals surface area (Å²) in [6.07, 6.45) is 2.56. The molecule has 1 aromatic carbocycles. The molecule has 1 N–H and O–H groups in total. The molecule has 1 heterocycles. The molecule has 0 aliphatic heterocycles. The largest absolute Gasteiger partial charge is 0.462 e. The topological polar surface area (TPSA) is 49.0 Å². The summed E-state index contributed by atoms with van der Waals surface area (Å²) in [6.45, 7) is 2.68. The Balaban J connectivity index is 2.13. The van der Waals surface area contributed by atoms with Crippen molar-refractivity contribution in [1.29, 1.82) is 5.26 Å². The maximum Gasteiger partial charge on any atom is 0.136 e. The van der Waals surface area contributed by atoms with Crippen LogP contribution in [0.1, 0.15) is 13.3 Å². The van der Waals surface area contributed by atoms with Crippen LogP contribution in [0.25, 0.3) is 11.0 Å². The standard InChI is InChI=1S/C13H14N2O/c1-2-10(7-14)8-15-12-9-16-13-6-4-3-5-11(12)13/h3-6,9-10,15H,2,8H2,1H3. The van der Waals surface area contributed by atoms with Gasteiger partial charge in [0.05, 0.1) is 17.7 Å². The van der Waals surface area contributed by atoms with Gasteiger partial charge in [-0.15, -0.1) is 0 Å². The minimum absolute atomic E-state index is 0.0497. The third kappa shape index (κ3) is 2.01. The van der Waals surface area contributed by atoms with Crippen molar-refractivity contribution in [3.8, 4) is 6.07 Å². The lowest BCUT2D eigenvalue weighted by Gasteiger charge is -2.07. The van der Waals surface area contributed by atoms with E-state index in [-0.39, 0.29) is 5.92 Å². The van der Waals surface area contributed by atoms with Gasteiger partial charge in [0.1, 0.15) is 11.8 Å². The molecule has 0 saturated heterocycles. The molecule has 82 valence electrons. The van der Waals surface area contributed by atoms with Crippen LogP contribution in [0.15, 0.2) is 34.9 Å². The Kier molecular flexibility index (Phi) is 3.11. The van der Waals surface area contributed by atoms with E-state index >= 15 is 0 Å². The molecule has 0 fully saturated rings. The van der Waals surface area contributed by atoms with E-state index in [1.165, 1.54) is 0 Å². The van der Waals surface area contributed by atoms with Gasteiger partial charge in [-0.25, -0.2) is 0 Å². The second-order valence-electron chi connectivity index (χ2n) is 3.76. The maximum absolute atomic E-state index is 8.85. The Morgan fingerprint density at radius 2 is 2.25 bits per heavy atom. The minimum atomic E-state index is 0.0497. The lowest BCUT2D eigenvalue weighted by molar-refractivity contribution is 0.615. The van der Waals surface area contributed by atoms with Crippen LogP contribution in [0.4, 0.5) is 5.69 Å². The number of nitriles is 1. The SMILES string of the molecule is CCC(C#N)CNc1coc2ccccc12. The van der Waals surface area contributed by atoms with Crippen molar-refractivity contribution < 1.29 is 4.42 Å². The van der Waals surface area contributed by atoms with Crippen molar-refractivity contribution in [1.82, 2.24) is 0 Å². The zero-order chi connectivity index (χ0) is 11.4. The molecule has 1 aromatic heterocycles. The molecule has 0 radical (unpaired) electrons. The van der Waals surface area contributed by atoms with E-state index in [9.17, 15) is 0 Å². The zero-order valence-electron chi connectivity index (χ0n) is 9.23. The van der Waals surface area contributed by atoms with Crippen molar-refractivity contribution in [2.45, 2.75) is 13.3 Å². The number of hydrogen-bond donors (Lipinski definition) is 1. The summed E-state index contributed by atoms with van der Waals surface area (Å²) < 4.78 is 5.40. The van der Waals surface area contributed by atoms with E-state index in [1.54, 1.807) is 6.26 Å². The van der Waals surface area contributed by atoms with Gasteiger partial charge in [-0.1, -0.05) is 19.1 Å². The maximum atomic E-state index is 8.85. The van der Waals surface area contributed by atoms with Gasteiger partial charge >= 0.3 is 0 Å².